The molecule has 4 N–H and O–H groups in total. The smallest absolute Gasteiger partial charge is 0.335 e. The van der Waals surface area contributed by atoms with Gasteiger partial charge in [0, 0.05) is 41.6 Å². The Balaban J connectivity index is 0.000000190. The van der Waals surface area contributed by atoms with Crippen molar-refractivity contribution in [1.82, 2.24) is 0 Å². The Kier molecular flexibility index (Phi) is 29.9. The van der Waals surface area contributed by atoms with Crippen molar-refractivity contribution < 1.29 is 92.1 Å². The maximum atomic E-state index is 12.0. The number of aliphatic hydroxyl groups is 4. The van der Waals surface area contributed by atoms with E-state index >= 15 is 0 Å². The van der Waals surface area contributed by atoms with E-state index in [-0.39, 0.29) is 72.1 Å². The summed E-state index contributed by atoms with van der Waals surface area (Å²) in [7, 11) is 3.72. The van der Waals surface area contributed by atoms with Gasteiger partial charge in [0.25, 0.3) is 0 Å². The first kappa shape index (κ1) is 75.0. The van der Waals surface area contributed by atoms with Crippen molar-refractivity contribution in [3.63, 3.8) is 0 Å². The van der Waals surface area contributed by atoms with Crippen LogP contribution >= 0.6 is 0 Å². The monoisotopic (exact) mass is 1260 g/mol. The number of methoxy groups -OCH3 is 3. The lowest BCUT2D eigenvalue weighted by molar-refractivity contribution is -0.186. The molecule has 0 saturated heterocycles. The summed E-state index contributed by atoms with van der Waals surface area (Å²) in [4.78, 5) is 106. The van der Waals surface area contributed by atoms with E-state index < -0.39 is 23.9 Å². The molecule has 19 heteroatoms. The van der Waals surface area contributed by atoms with Crippen LogP contribution in [0.15, 0.2) is 60.8 Å². The zero-order chi connectivity index (χ0) is 66.6. The summed E-state index contributed by atoms with van der Waals surface area (Å²) < 4.78 is 23.5. The van der Waals surface area contributed by atoms with Crippen molar-refractivity contribution in [1.29, 1.82) is 0 Å². The van der Waals surface area contributed by atoms with Crippen LogP contribution in [-0.2, 0) is 71.6 Å². The molecule has 14 bridgehead atoms. The molecule has 0 aromatic rings. The van der Waals surface area contributed by atoms with Gasteiger partial charge in [-0.05, 0) is 205 Å². The molecule has 502 valence electrons. The zero-order valence-corrected chi connectivity index (χ0v) is 54.0. The van der Waals surface area contributed by atoms with Crippen molar-refractivity contribution >= 4 is 60.8 Å². The maximum absolute atomic E-state index is 12.0. The number of esters is 5. The number of fused-ring (bicyclic) bond motifs is 15. The highest BCUT2D eigenvalue weighted by Crippen LogP contribution is 2.68. The molecule has 0 aromatic carbocycles. The molecular formula is C71H104O19. The molecule has 0 aromatic heterocycles. The van der Waals surface area contributed by atoms with Gasteiger partial charge in [0.1, 0.15) is 36.5 Å². The summed E-state index contributed by atoms with van der Waals surface area (Å²) in [6, 6.07) is 0. The average Bonchev–Trinajstić information content (AvgIpc) is 1.49. The largest absolute Gasteiger partial charge is 0.466 e. The molecule has 0 heterocycles. The second kappa shape index (κ2) is 35.9. The standard InChI is InChI=1S/C15H20O3.C13H18O.C12H18O3.C8H12O.C7H10O.3C5H8O3.CH2O/c1-3-9(2)14(17)18-15-6-10-4-11(7-15)13(16)12(5-10)8-15;14-6-10-4-9-5-11(10)13-8-2-1-7(3-8)12(9)13;1-8(6-13)12(14)15-7-11-5-9-2-3-10(11)4-9;9-5-8-4-6-1-2-7(8)3-6;8-7-4-5-1-2-6(7)3-5;3*1-4(3-6)5(7)8-2;1-2/h10-12H,2-8H2,1H3;6-13H,1-5H2;9-11,13H,1-7H2;5-8H,1-4H2;5-6H,1-4H2;3*6H,1,3H2,2H3;1H2. The maximum Gasteiger partial charge on any atom is 0.335 e. The number of aliphatic hydroxyl groups excluding tert-OH is 4. The summed E-state index contributed by atoms with van der Waals surface area (Å²) in [5, 5.41) is 33.4. The minimum absolute atomic E-state index is 0.0764. The Hall–Kier alpha value is -5.76. The summed E-state index contributed by atoms with van der Waals surface area (Å²) in [6.45, 7) is 19.9. The van der Waals surface area contributed by atoms with E-state index in [2.05, 4.69) is 47.1 Å². The Bertz CT molecular complexity index is 2440. The molecule has 0 radical (unpaired) electrons. The van der Waals surface area contributed by atoms with Gasteiger partial charge in [0.05, 0.1) is 76.7 Å². The van der Waals surface area contributed by atoms with Crippen LogP contribution in [0.1, 0.15) is 155 Å². The third-order valence-electron chi connectivity index (χ3n) is 22.2. The van der Waals surface area contributed by atoms with Crippen molar-refractivity contribution in [2.45, 2.75) is 160 Å². The fraction of sp³-hybridized carbons (Fsp3) is 0.718. The lowest BCUT2D eigenvalue weighted by Gasteiger charge is -2.54. The minimum atomic E-state index is -0.563. The first-order valence-corrected chi connectivity index (χ1v) is 32.8. The molecule has 14 rings (SSSR count). The molecule has 14 saturated carbocycles. The van der Waals surface area contributed by atoms with Crippen molar-refractivity contribution in [3.05, 3.63) is 60.8 Å². The SMILES string of the molecule is C=C(CC)C(=O)OC12CC3CC(C1)C(=O)C(C3)C2.C=C(CO)C(=O)OC.C=C(CO)C(=O)OC.C=C(CO)C(=O)OC.C=C(CO)C(=O)OCC1CC2CCC1C2.C=O.O=C1CC2CCC1C2.O=CC1CC2CC1C1C3CCC(C3)C21.O=CC1CC2CCC1C2. The number of carbonyl (C=O) groups excluding carboxylic acids is 10. The predicted molar refractivity (Wildman–Crippen MR) is 334 cm³/mol. The van der Waals surface area contributed by atoms with Crippen LogP contribution in [-0.4, -0.2) is 141 Å². The Morgan fingerprint density at radius 2 is 0.956 bits per heavy atom. The normalized spacial score (nSPS) is 34.4. The quantitative estimate of drug-likeness (QED) is 0.0392. The summed E-state index contributed by atoms with van der Waals surface area (Å²) in [5.41, 5.74) is 0.572. The summed E-state index contributed by atoms with van der Waals surface area (Å²) in [5.74, 6) is 11.5. The summed E-state index contributed by atoms with van der Waals surface area (Å²) >= 11 is 0. The van der Waals surface area contributed by atoms with Crippen LogP contribution in [0.3, 0.4) is 0 Å². The van der Waals surface area contributed by atoms with Crippen LogP contribution in [0.25, 0.3) is 0 Å². The van der Waals surface area contributed by atoms with E-state index in [1.54, 1.807) is 0 Å². The summed E-state index contributed by atoms with van der Waals surface area (Å²) in [6.07, 6.45) is 29.9. The third kappa shape index (κ3) is 19.4. The van der Waals surface area contributed by atoms with Crippen LogP contribution in [0.5, 0.6) is 0 Å². The first-order valence-electron chi connectivity index (χ1n) is 32.8. The highest BCUT2D eigenvalue weighted by atomic mass is 16.6. The lowest BCUT2D eigenvalue weighted by Crippen LogP contribution is -2.56. The van der Waals surface area contributed by atoms with E-state index in [9.17, 15) is 43.2 Å². The van der Waals surface area contributed by atoms with Crippen molar-refractivity contribution in [2.24, 2.45) is 107 Å². The Morgan fingerprint density at radius 3 is 1.33 bits per heavy atom. The van der Waals surface area contributed by atoms with E-state index in [1.165, 1.54) is 137 Å². The van der Waals surface area contributed by atoms with E-state index in [1.807, 2.05) is 13.7 Å². The average molecular weight is 1260 g/mol. The van der Waals surface area contributed by atoms with Crippen LogP contribution in [0.2, 0.25) is 0 Å². The fourth-order valence-electron chi connectivity index (χ4n) is 18.0. The molecule has 19 nitrogen and oxygen atoms in total. The second-order valence-corrected chi connectivity index (χ2v) is 27.5. The molecule has 17 atom stereocenters. The Morgan fingerprint density at radius 1 is 0.478 bits per heavy atom. The predicted octanol–water partition coefficient (Wildman–Crippen LogP) is 8.60. The number of carbonyl (C=O) groups is 10. The second-order valence-electron chi connectivity index (χ2n) is 27.5. The van der Waals surface area contributed by atoms with Crippen LogP contribution in [0.4, 0.5) is 0 Å². The third-order valence-corrected chi connectivity index (χ3v) is 22.2. The highest BCUT2D eigenvalue weighted by Gasteiger charge is 2.62. The first-order chi connectivity index (χ1) is 43.0. The van der Waals surface area contributed by atoms with Crippen molar-refractivity contribution in [3.8, 4) is 0 Å². The molecule has 0 aliphatic heterocycles. The van der Waals surface area contributed by atoms with Gasteiger partial charge < -0.3 is 58.5 Å². The van der Waals surface area contributed by atoms with Gasteiger partial charge in [0.2, 0.25) is 0 Å². The molecule has 17 unspecified atom stereocenters. The van der Waals surface area contributed by atoms with Gasteiger partial charge in [-0.1, -0.05) is 52.7 Å². The Labute approximate surface area is 532 Å². The van der Waals surface area contributed by atoms with Gasteiger partial charge in [-0.25, -0.2) is 24.0 Å². The molecule has 14 fully saturated rings. The van der Waals surface area contributed by atoms with Gasteiger partial charge in [-0.2, -0.15) is 0 Å². The van der Waals surface area contributed by atoms with Gasteiger partial charge in [0.15, 0.2) is 0 Å². The fourth-order valence-corrected chi connectivity index (χ4v) is 18.0. The minimum Gasteiger partial charge on any atom is -0.466 e. The number of hydrogen-bond acceptors (Lipinski definition) is 19. The van der Waals surface area contributed by atoms with E-state index in [0.717, 1.165) is 104 Å². The molecule has 14 aliphatic rings. The number of ether oxygens (including phenoxy) is 5. The van der Waals surface area contributed by atoms with Crippen LogP contribution in [0, 0.1) is 107 Å². The van der Waals surface area contributed by atoms with E-state index in [4.69, 9.17) is 34.7 Å². The number of Topliss-reactive ketones (excluding diaryl/α,β-unsaturated/α-hetero) is 2. The van der Waals surface area contributed by atoms with Crippen LogP contribution < -0.4 is 0 Å². The molecular weight excluding hydrogens is 1160 g/mol. The highest BCUT2D eigenvalue weighted by molar-refractivity contribution is 5.90. The lowest BCUT2D eigenvalue weighted by atomic mass is 9.53. The van der Waals surface area contributed by atoms with Gasteiger partial charge in [-0.15, -0.1) is 0 Å². The van der Waals surface area contributed by atoms with E-state index in [0.29, 0.717) is 59.8 Å². The topological polar surface area (TPSA) is 298 Å². The number of ketones is 2. The molecule has 90 heavy (non-hydrogen) atoms. The van der Waals surface area contributed by atoms with Crippen molar-refractivity contribution in [2.75, 3.05) is 54.4 Å². The number of aldehydes is 2. The number of rotatable bonds is 15. The number of hydrogen-bond donors (Lipinski definition) is 4. The zero-order valence-electron chi connectivity index (χ0n) is 54.0. The van der Waals surface area contributed by atoms with Gasteiger partial charge >= 0.3 is 29.8 Å². The molecule has 14 aliphatic carbocycles. The molecule has 0 spiro atoms. The molecule has 0 amide bonds. The van der Waals surface area contributed by atoms with Gasteiger partial charge in [-0.3, -0.25) is 9.59 Å².